The van der Waals surface area contributed by atoms with E-state index in [4.69, 9.17) is 5.73 Å². The molecule has 0 atom stereocenters. The van der Waals surface area contributed by atoms with Crippen molar-refractivity contribution in [1.29, 1.82) is 0 Å². The van der Waals surface area contributed by atoms with Crippen LogP contribution in [0.25, 0.3) is 0 Å². The van der Waals surface area contributed by atoms with Gasteiger partial charge >= 0.3 is 6.18 Å². The smallest absolute Gasteiger partial charge is 0.382 e. The minimum absolute atomic E-state index is 0. The van der Waals surface area contributed by atoms with Gasteiger partial charge in [0.05, 0.1) is 5.56 Å². The third-order valence-corrected chi connectivity index (χ3v) is 7.97. The summed E-state index contributed by atoms with van der Waals surface area (Å²) in [6.45, 7) is 5.46. The first-order valence-corrected chi connectivity index (χ1v) is 12.2. The quantitative estimate of drug-likeness (QED) is 0.504. The molecule has 4 nitrogen and oxygen atoms in total. The highest BCUT2D eigenvalue weighted by molar-refractivity contribution is 7.99. The van der Waals surface area contributed by atoms with Gasteiger partial charge in [-0.25, -0.2) is 0 Å². The molecule has 180 valence electrons. The Labute approximate surface area is 203 Å². The average Bonchev–Trinajstić information content (AvgIpc) is 2.72. The maximum absolute atomic E-state index is 13.7. The lowest BCUT2D eigenvalue weighted by Crippen LogP contribution is -2.41. The van der Waals surface area contributed by atoms with Crippen LogP contribution >= 0.6 is 24.2 Å². The van der Waals surface area contributed by atoms with E-state index >= 15 is 0 Å². The van der Waals surface area contributed by atoms with E-state index in [-0.39, 0.29) is 18.4 Å². The van der Waals surface area contributed by atoms with Crippen molar-refractivity contribution in [2.75, 3.05) is 49.5 Å². The van der Waals surface area contributed by atoms with Gasteiger partial charge in [0.2, 0.25) is 0 Å². The number of rotatable bonds is 5. The summed E-state index contributed by atoms with van der Waals surface area (Å²) in [6.07, 6.45) is -0.690. The van der Waals surface area contributed by atoms with Gasteiger partial charge in [0.25, 0.3) is 0 Å². The number of likely N-dealkylation sites (tertiary alicyclic amines) is 1. The fraction of sp³-hybridized carbons (Fsp3) is 0.500. The summed E-state index contributed by atoms with van der Waals surface area (Å²) in [5.74, 6) is 0. The predicted octanol–water partition coefficient (Wildman–Crippen LogP) is 5.23. The fourth-order valence-electron chi connectivity index (χ4n) is 4.78. The Kier molecular flexibility index (Phi) is 7.38. The molecule has 3 heterocycles. The van der Waals surface area contributed by atoms with E-state index in [0.29, 0.717) is 18.7 Å². The standard InChI is InChI=1S/C24H29F3N4S.ClH/c25-24(26,27)17-13-21(29-18-4-9-30(10-5-18)11-6-28)20-12-16-2-3-19(31-7-1-8-31)15-22(16)32-23(20)14-17;/h2-3,13-15,18,29H,1,4-12,28H2;1H. The Hall–Kier alpha value is -1.61. The zero-order valence-electron chi connectivity index (χ0n) is 18.5. The molecule has 0 radical (unpaired) electrons. The van der Waals surface area contributed by atoms with E-state index in [1.807, 2.05) is 0 Å². The zero-order chi connectivity index (χ0) is 22.3. The van der Waals surface area contributed by atoms with Gasteiger partial charge in [-0.05, 0) is 54.7 Å². The molecule has 0 unspecified atom stereocenters. The molecule has 0 saturated carbocycles. The van der Waals surface area contributed by atoms with Crippen molar-refractivity contribution >= 4 is 35.5 Å². The van der Waals surface area contributed by atoms with Crippen LogP contribution in [0, 0.1) is 0 Å². The fourth-order valence-corrected chi connectivity index (χ4v) is 5.96. The van der Waals surface area contributed by atoms with Gasteiger partial charge in [-0.1, -0.05) is 17.8 Å². The van der Waals surface area contributed by atoms with Crippen LogP contribution in [0.3, 0.4) is 0 Å². The van der Waals surface area contributed by atoms with E-state index in [1.54, 1.807) is 0 Å². The molecule has 2 saturated heterocycles. The van der Waals surface area contributed by atoms with Crippen LogP contribution in [0.5, 0.6) is 0 Å². The second-order valence-electron chi connectivity index (χ2n) is 8.96. The van der Waals surface area contributed by atoms with E-state index < -0.39 is 11.7 Å². The molecule has 3 N–H and O–H groups in total. The molecule has 0 aliphatic carbocycles. The SMILES string of the molecule is Cl.NCCN1CCC(Nc2cc(C(F)(F)F)cc3c2Cc2ccc(N4CCC4)cc2S3)CC1. The third-order valence-electron chi connectivity index (χ3n) is 6.79. The Balaban J connectivity index is 0.00000259. The van der Waals surface area contributed by atoms with Crippen LogP contribution in [0.1, 0.15) is 36.0 Å². The maximum atomic E-state index is 13.7. The van der Waals surface area contributed by atoms with Gasteiger partial charge < -0.3 is 20.9 Å². The lowest BCUT2D eigenvalue weighted by Gasteiger charge is -2.35. The molecule has 2 fully saturated rings. The summed E-state index contributed by atoms with van der Waals surface area (Å²) in [5, 5.41) is 3.48. The molecule has 0 bridgehead atoms. The van der Waals surface area contributed by atoms with Crippen LogP contribution < -0.4 is 16.0 Å². The first-order chi connectivity index (χ1) is 15.4. The first-order valence-electron chi connectivity index (χ1n) is 11.4. The second-order valence-corrected chi connectivity index (χ2v) is 10.0. The largest absolute Gasteiger partial charge is 0.416 e. The Bertz CT molecular complexity index is 988. The molecular weight excluding hydrogens is 469 g/mol. The Morgan fingerprint density at radius 2 is 1.79 bits per heavy atom. The highest BCUT2D eigenvalue weighted by atomic mass is 35.5. The summed E-state index contributed by atoms with van der Waals surface area (Å²) in [7, 11) is 0. The summed E-state index contributed by atoms with van der Waals surface area (Å²) in [5.41, 5.74) is 9.06. The van der Waals surface area contributed by atoms with Gasteiger partial charge in [-0.3, -0.25) is 0 Å². The van der Waals surface area contributed by atoms with Crippen LogP contribution in [0.2, 0.25) is 0 Å². The van der Waals surface area contributed by atoms with E-state index in [1.165, 1.54) is 41.6 Å². The predicted molar refractivity (Wildman–Crippen MR) is 131 cm³/mol. The normalized spacial score (nSPS) is 18.7. The molecule has 9 heteroatoms. The number of hydrogen-bond donors (Lipinski definition) is 2. The number of fused-ring (bicyclic) bond motifs is 2. The molecule has 33 heavy (non-hydrogen) atoms. The summed E-state index contributed by atoms with van der Waals surface area (Å²) in [4.78, 5) is 6.42. The number of halogens is 4. The van der Waals surface area contributed by atoms with E-state index in [9.17, 15) is 13.2 Å². The number of nitrogens with two attached hydrogens (primary N) is 1. The zero-order valence-corrected chi connectivity index (χ0v) is 20.1. The van der Waals surface area contributed by atoms with Crippen molar-refractivity contribution in [3.63, 3.8) is 0 Å². The van der Waals surface area contributed by atoms with E-state index in [0.717, 1.165) is 60.9 Å². The number of hydrogen-bond acceptors (Lipinski definition) is 5. The molecular formula is C24H30ClF3N4S. The topological polar surface area (TPSA) is 44.5 Å². The Morgan fingerprint density at radius 1 is 1.03 bits per heavy atom. The lowest BCUT2D eigenvalue weighted by atomic mass is 9.97. The Morgan fingerprint density at radius 3 is 2.42 bits per heavy atom. The number of anilines is 2. The minimum atomic E-state index is -4.36. The summed E-state index contributed by atoms with van der Waals surface area (Å²) in [6, 6.07) is 9.25. The molecule has 0 amide bonds. The van der Waals surface area contributed by atoms with Gasteiger partial charge in [0.1, 0.15) is 0 Å². The number of alkyl halides is 3. The highest BCUT2D eigenvalue weighted by Crippen LogP contribution is 2.46. The molecule has 0 aromatic heterocycles. The van der Waals surface area contributed by atoms with Crippen molar-refractivity contribution in [1.82, 2.24) is 4.90 Å². The summed E-state index contributed by atoms with van der Waals surface area (Å²) >= 11 is 1.47. The molecule has 5 rings (SSSR count). The van der Waals surface area contributed by atoms with Gasteiger partial charge in [-0.2, -0.15) is 13.2 Å². The highest BCUT2D eigenvalue weighted by Gasteiger charge is 2.34. The van der Waals surface area contributed by atoms with Crippen LogP contribution in [0.15, 0.2) is 40.1 Å². The van der Waals surface area contributed by atoms with Gasteiger partial charge in [0, 0.05) is 72.9 Å². The van der Waals surface area contributed by atoms with Crippen LogP contribution in [-0.4, -0.2) is 50.2 Å². The van der Waals surface area contributed by atoms with Crippen molar-refractivity contribution in [3.05, 3.63) is 47.0 Å². The van der Waals surface area contributed by atoms with Crippen molar-refractivity contribution < 1.29 is 13.2 Å². The maximum Gasteiger partial charge on any atom is 0.416 e. The van der Waals surface area contributed by atoms with Crippen molar-refractivity contribution in [2.24, 2.45) is 5.73 Å². The van der Waals surface area contributed by atoms with Crippen LogP contribution in [-0.2, 0) is 12.6 Å². The average molecular weight is 499 g/mol. The molecule has 2 aromatic carbocycles. The lowest BCUT2D eigenvalue weighted by molar-refractivity contribution is -0.137. The van der Waals surface area contributed by atoms with Gasteiger partial charge in [0.15, 0.2) is 0 Å². The second kappa shape index (κ2) is 9.94. The number of nitrogens with zero attached hydrogens (tertiary/aromatic N) is 2. The van der Waals surface area contributed by atoms with Crippen molar-refractivity contribution in [2.45, 2.75) is 47.7 Å². The van der Waals surface area contributed by atoms with E-state index in [2.05, 4.69) is 33.3 Å². The number of benzene rings is 2. The van der Waals surface area contributed by atoms with Gasteiger partial charge in [-0.15, -0.1) is 12.4 Å². The molecule has 3 aliphatic heterocycles. The molecule has 2 aromatic rings. The third kappa shape index (κ3) is 5.24. The first kappa shape index (κ1) is 24.5. The molecule has 0 spiro atoms. The summed E-state index contributed by atoms with van der Waals surface area (Å²) < 4.78 is 41.1. The number of nitrogens with one attached hydrogen (secondary N) is 1. The van der Waals surface area contributed by atoms with Crippen molar-refractivity contribution in [3.8, 4) is 0 Å². The monoisotopic (exact) mass is 498 g/mol. The molecule has 3 aliphatic rings. The van der Waals surface area contributed by atoms with Crippen LogP contribution in [0.4, 0.5) is 24.5 Å². The number of piperidine rings is 1. The minimum Gasteiger partial charge on any atom is -0.382 e.